The van der Waals surface area contributed by atoms with Crippen molar-refractivity contribution >= 4 is 0 Å². The Kier molecular flexibility index (Phi) is 31.2. The Balaban J connectivity index is -0.0000000610. The lowest BCUT2D eigenvalue weighted by Gasteiger charge is -2.21. The van der Waals surface area contributed by atoms with E-state index in [1.165, 1.54) is 0 Å². The van der Waals surface area contributed by atoms with E-state index in [0.29, 0.717) is 0 Å². The summed E-state index contributed by atoms with van der Waals surface area (Å²) in [6.45, 7) is 4.25. The van der Waals surface area contributed by atoms with Gasteiger partial charge in [-0.1, -0.05) is 13.8 Å². The molecular formula is C9H28N2O3. The van der Waals surface area contributed by atoms with Crippen LogP contribution in [0.1, 0.15) is 13.8 Å². The van der Waals surface area contributed by atoms with Crippen molar-refractivity contribution in [3.05, 3.63) is 0 Å². The first kappa shape index (κ1) is 23.5. The second-order valence-electron chi connectivity index (χ2n) is 3.31. The average Bonchev–Trinajstić information content (AvgIpc) is 1.87. The minimum Gasteiger partial charge on any atom is -0.855 e. The van der Waals surface area contributed by atoms with Gasteiger partial charge in [0.1, 0.15) is 6.54 Å². The van der Waals surface area contributed by atoms with Gasteiger partial charge < -0.3 is 26.0 Å². The number of aliphatic hydroxyl groups excluding tert-OH is 1. The summed E-state index contributed by atoms with van der Waals surface area (Å²) < 4.78 is 0.844. The lowest BCUT2D eigenvalue weighted by atomic mass is 10.5. The van der Waals surface area contributed by atoms with Gasteiger partial charge in [-0.05, 0) is 0 Å². The zero-order valence-electron chi connectivity index (χ0n) is 10.5. The molecule has 0 fully saturated rings. The van der Waals surface area contributed by atoms with Crippen molar-refractivity contribution in [2.45, 2.75) is 13.8 Å². The number of aliphatic hydroxyl groups is 1. The van der Waals surface area contributed by atoms with Gasteiger partial charge in [0.15, 0.2) is 0 Å². The smallest absolute Gasteiger partial charge is 0.101 e. The van der Waals surface area contributed by atoms with Crippen molar-refractivity contribution in [3.8, 4) is 0 Å². The van der Waals surface area contributed by atoms with Gasteiger partial charge >= 0.3 is 0 Å². The molecule has 0 saturated carbocycles. The van der Waals surface area contributed by atoms with Crippen LogP contribution in [0.15, 0.2) is 0 Å². The molecule has 0 heterocycles. The quantitative estimate of drug-likeness (QED) is 0.561. The van der Waals surface area contributed by atoms with Gasteiger partial charge in [-0.15, -0.1) is 13.2 Å². The SMILES string of the molecule is CC[O-].CC[O-].C[N+](C)(C)CCO.[NH4+]. The van der Waals surface area contributed by atoms with Gasteiger partial charge in [0.2, 0.25) is 0 Å². The maximum atomic E-state index is 8.93. The van der Waals surface area contributed by atoms with E-state index in [2.05, 4.69) is 21.1 Å². The molecule has 0 rings (SSSR count). The second kappa shape index (κ2) is 18.6. The summed E-state index contributed by atoms with van der Waals surface area (Å²) in [6, 6.07) is 0. The molecule has 0 amide bonds. The summed E-state index contributed by atoms with van der Waals surface area (Å²) >= 11 is 0. The third-order valence-electron chi connectivity index (χ3n) is 0.771. The Morgan fingerprint density at radius 1 is 1.00 bits per heavy atom. The zero-order chi connectivity index (χ0) is 11.3. The summed E-state index contributed by atoms with van der Waals surface area (Å²) in [4.78, 5) is 0. The summed E-state index contributed by atoms with van der Waals surface area (Å²) in [7, 11) is 6.16. The molecule has 0 atom stereocenters. The van der Waals surface area contributed by atoms with E-state index in [1.54, 1.807) is 13.8 Å². The largest absolute Gasteiger partial charge is 0.855 e. The van der Waals surface area contributed by atoms with Gasteiger partial charge in [0, 0.05) is 0 Å². The molecule has 5 heteroatoms. The lowest BCUT2D eigenvalue weighted by molar-refractivity contribution is -0.870. The molecule has 5 nitrogen and oxygen atoms in total. The molecule has 0 aliphatic carbocycles. The van der Waals surface area contributed by atoms with Crippen LogP contribution in [0.4, 0.5) is 0 Å². The summed E-state index contributed by atoms with van der Waals surface area (Å²) in [5.74, 6) is 0. The van der Waals surface area contributed by atoms with Crippen molar-refractivity contribution in [2.75, 3.05) is 47.5 Å². The molecule has 0 spiro atoms. The molecule has 5 N–H and O–H groups in total. The van der Waals surface area contributed by atoms with Crippen molar-refractivity contribution in [1.29, 1.82) is 0 Å². The Hall–Kier alpha value is -0.200. The van der Waals surface area contributed by atoms with Crippen molar-refractivity contribution in [3.63, 3.8) is 0 Å². The molecule has 0 aliphatic heterocycles. The second-order valence-corrected chi connectivity index (χ2v) is 3.31. The first-order valence-electron chi connectivity index (χ1n) is 4.47. The molecule has 0 aromatic carbocycles. The van der Waals surface area contributed by atoms with Gasteiger partial charge in [0.25, 0.3) is 0 Å². The standard InChI is InChI=1S/C5H14NO.2C2H5O.H3N/c1-6(2,3)4-5-7;2*1-2-3;/h7H,4-5H2,1-3H3;2*2H2,1H3;1H3/q+1;2*-1;/p+1. The van der Waals surface area contributed by atoms with Crippen LogP contribution in [0, 0.1) is 0 Å². The maximum Gasteiger partial charge on any atom is 0.101 e. The molecule has 0 bridgehead atoms. The number of nitrogens with zero attached hydrogens (tertiary/aromatic N) is 1. The minimum atomic E-state index is 0. The Labute approximate surface area is 88.2 Å². The van der Waals surface area contributed by atoms with Crippen molar-refractivity contribution in [2.24, 2.45) is 0 Å². The van der Waals surface area contributed by atoms with Gasteiger partial charge in [-0.25, -0.2) is 0 Å². The molecule has 0 saturated heterocycles. The van der Waals surface area contributed by atoms with E-state index in [0.717, 1.165) is 11.0 Å². The molecule has 0 aliphatic rings. The molecule has 0 aromatic heterocycles. The number of hydrogen-bond acceptors (Lipinski definition) is 3. The zero-order valence-corrected chi connectivity index (χ0v) is 10.5. The average molecular weight is 212 g/mol. The minimum absolute atomic E-state index is 0. The van der Waals surface area contributed by atoms with Gasteiger partial charge in [0.05, 0.1) is 27.7 Å². The van der Waals surface area contributed by atoms with Gasteiger partial charge in [-0.3, -0.25) is 0 Å². The molecule has 0 unspecified atom stereocenters. The molecule has 0 radical (unpaired) electrons. The predicted molar refractivity (Wildman–Crippen MR) is 57.1 cm³/mol. The Morgan fingerprint density at radius 2 is 1.21 bits per heavy atom. The molecule has 0 aromatic rings. The van der Waals surface area contributed by atoms with E-state index >= 15 is 0 Å². The third kappa shape index (κ3) is 95.3. The monoisotopic (exact) mass is 212 g/mol. The van der Waals surface area contributed by atoms with E-state index in [1.807, 2.05) is 0 Å². The van der Waals surface area contributed by atoms with Crippen LogP contribution in [-0.2, 0) is 0 Å². The highest BCUT2D eigenvalue weighted by Crippen LogP contribution is 1.84. The highest BCUT2D eigenvalue weighted by Gasteiger charge is 2.02. The molecule has 14 heavy (non-hydrogen) atoms. The maximum absolute atomic E-state index is 8.93. The van der Waals surface area contributed by atoms with Crippen molar-refractivity contribution < 1.29 is 19.8 Å². The van der Waals surface area contributed by atoms with E-state index in [4.69, 9.17) is 15.3 Å². The van der Waals surface area contributed by atoms with Crippen LogP contribution >= 0.6 is 0 Å². The fourth-order valence-corrected chi connectivity index (χ4v) is 0.300. The number of hydrogen-bond donors (Lipinski definition) is 2. The summed E-state index contributed by atoms with van der Waals surface area (Å²) in [5, 5.41) is 26.2. The van der Waals surface area contributed by atoms with E-state index < -0.39 is 0 Å². The Morgan fingerprint density at radius 3 is 1.21 bits per heavy atom. The fraction of sp³-hybridized carbons (Fsp3) is 1.00. The van der Waals surface area contributed by atoms with Crippen LogP contribution in [0.25, 0.3) is 0 Å². The highest BCUT2D eigenvalue weighted by atomic mass is 16.3. The number of likely N-dealkylation sites (N-methyl/N-ethyl adjacent to an activating group) is 1. The molecular weight excluding hydrogens is 184 g/mol. The van der Waals surface area contributed by atoms with E-state index in [-0.39, 0.29) is 26.0 Å². The van der Waals surface area contributed by atoms with Crippen LogP contribution in [0.3, 0.4) is 0 Å². The van der Waals surface area contributed by atoms with Crippen LogP contribution in [0.2, 0.25) is 0 Å². The summed E-state index contributed by atoms with van der Waals surface area (Å²) in [6.07, 6.45) is 0. The highest BCUT2D eigenvalue weighted by molar-refractivity contribution is 4.19. The van der Waals surface area contributed by atoms with E-state index in [9.17, 15) is 0 Å². The normalized spacial score (nSPS) is 8.57. The van der Waals surface area contributed by atoms with Crippen LogP contribution in [-0.4, -0.2) is 57.1 Å². The first-order valence-corrected chi connectivity index (χ1v) is 4.47. The predicted octanol–water partition coefficient (Wildman–Crippen LogP) is -1.21. The van der Waals surface area contributed by atoms with Crippen LogP contribution < -0.4 is 16.4 Å². The molecule has 92 valence electrons. The number of rotatable bonds is 2. The van der Waals surface area contributed by atoms with Crippen molar-refractivity contribution in [1.82, 2.24) is 6.15 Å². The van der Waals surface area contributed by atoms with Crippen LogP contribution in [0.5, 0.6) is 0 Å². The fourth-order valence-electron chi connectivity index (χ4n) is 0.300. The third-order valence-corrected chi connectivity index (χ3v) is 0.771. The number of quaternary nitrogens is 2. The Bertz CT molecular complexity index is 72.9. The first-order chi connectivity index (χ1) is 5.89. The lowest BCUT2D eigenvalue weighted by Crippen LogP contribution is -2.36. The topological polar surface area (TPSA) is 103 Å². The summed E-state index contributed by atoms with van der Waals surface area (Å²) in [5.41, 5.74) is 0. The van der Waals surface area contributed by atoms with Gasteiger partial charge in [-0.2, -0.15) is 0 Å².